The molecule has 0 saturated heterocycles. The summed E-state index contributed by atoms with van der Waals surface area (Å²) in [6.45, 7) is 10.0. The van der Waals surface area contributed by atoms with Gasteiger partial charge in [-0.1, -0.05) is 60.1 Å². The van der Waals surface area contributed by atoms with Crippen LogP contribution in [0, 0.1) is 0 Å². The molecule has 0 radical (unpaired) electrons. The van der Waals surface area contributed by atoms with Crippen molar-refractivity contribution in [2.24, 2.45) is 0 Å². The van der Waals surface area contributed by atoms with Gasteiger partial charge >= 0.3 is 17.9 Å². The second-order valence-electron chi connectivity index (χ2n) is 14.9. The number of hydrogen-bond donors (Lipinski definition) is 4. The molecule has 54 heavy (non-hydrogen) atoms. The molecule has 14 heteroatoms. The average Bonchev–Trinajstić information content (AvgIpc) is 3.51. The third-order valence-electron chi connectivity index (χ3n) is 7.99. The van der Waals surface area contributed by atoms with Crippen molar-refractivity contribution >= 4 is 68.9 Å². The molecule has 0 aliphatic rings. The summed E-state index contributed by atoms with van der Waals surface area (Å²) in [6, 6.07) is 15.9. The van der Waals surface area contributed by atoms with Crippen LogP contribution < -0.4 is 16.0 Å². The number of ether oxygens (including phenoxy) is 3. The van der Waals surface area contributed by atoms with Gasteiger partial charge in [-0.15, -0.1) is 0 Å². The van der Waals surface area contributed by atoms with Gasteiger partial charge in [-0.05, 0) is 82.5 Å². The highest BCUT2D eigenvalue weighted by molar-refractivity contribution is 6.31. The fraction of sp³-hybridized carbons (Fsp3) is 0.400. The first-order valence-corrected chi connectivity index (χ1v) is 17.9. The molecule has 0 saturated carbocycles. The fourth-order valence-corrected chi connectivity index (χ4v) is 5.79. The van der Waals surface area contributed by atoms with Gasteiger partial charge in [0.05, 0.1) is 13.5 Å². The molecule has 1 heterocycles. The van der Waals surface area contributed by atoms with Crippen LogP contribution in [-0.4, -0.2) is 77.1 Å². The van der Waals surface area contributed by atoms with Crippen molar-refractivity contribution < 1.29 is 43.0 Å². The Labute approximate surface area is 318 Å². The molecule has 288 valence electrons. The number of aromatic nitrogens is 1. The number of halogens is 1. The quantitative estimate of drug-likeness (QED) is 0.0978. The number of H-pyrrole nitrogens is 1. The van der Waals surface area contributed by atoms with Crippen molar-refractivity contribution in [3.8, 4) is 0 Å². The maximum atomic E-state index is 14.2. The van der Waals surface area contributed by atoms with Crippen molar-refractivity contribution in [3.63, 3.8) is 0 Å². The highest BCUT2D eigenvalue weighted by Gasteiger charge is 2.34. The molecule has 0 bridgehead atoms. The van der Waals surface area contributed by atoms with Gasteiger partial charge in [0.15, 0.2) is 0 Å². The predicted octanol–water partition coefficient (Wildman–Crippen LogP) is 5.31. The van der Waals surface area contributed by atoms with Gasteiger partial charge in [0.25, 0.3) is 5.91 Å². The third-order valence-corrected chi connectivity index (χ3v) is 8.22. The maximum Gasteiger partial charge on any atom is 0.328 e. The van der Waals surface area contributed by atoms with Crippen LogP contribution in [0.4, 0.5) is 0 Å². The van der Waals surface area contributed by atoms with Gasteiger partial charge in [0.2, 0.25) is 11.8 Å². The SMILES string of the molecule is COC(=O)[C@H](CCC(=O)OC(C)(C)C)NC(=O)[C@H](CC(=O)OC(C)(C)C)NC(=O)[C@H](Cc1ccc2ccccc2c1)NC(=O)c1cc2ccc(Cl)cc2[nH]1. The number of carbonyl (C=O) groups excluding carboxylic acids is 6. The maximum absolute atomic E-state index is 14.2. The van der Waals surface area contributed by atoms with E-state index < -0.39 is 71.4 Å². The van der Waals surface area contributed by atoms with E-state index in [1.165, 1.54) is 0 Å². The largest absolute Gasteiger partial charge is 0.467 e. The first kappa shape index (κ1) is 41.3. The summed E-state index contributed by atoms with van der Waals surface area (Å²) in [5.74, 6) is -4.58. The molecule has 3 aromatic carbocycles. The van der Waals surface area contributed by atoms with Crippen LogP contribution in [0.15, 0.2) is 66.7 Å². The van der Waals surface area contributed by atoms with E-state index in [4.69, 9.17) is 25.8 Å². The summed E-state index contributed by atoms with van der Waals surface area (Å²) in [4.78, 5) is 82.8. The lowest BCUT2D eigenvalue weighted by molar-refractivity contribution is -0.156. The number of rotatable bonds is 14. The van der Waals surface area contributed by atoms with E-state index in [-0.39, 0.29) is 25.0 Å². The standard InChI is InChI=1S/C40H47ClN4O9/c1-39(2,3)53-33(46)17-16-28(38(51)52-7)43-37(50)32(22-34(47)54-40(4,5)6)45-35(48)30(19-23-12-13-24-10-8-9-11-25(24)18-23)44-36(49)31-20-26-14-15-27(41)21-29(26)42-31/h8-15,18,20-21,28,30,32,42H,16-17,19,22H2,1-7H3,(H,43,50)(H,44,49)(H,45,48)/t28-,30-,32-/m0/s1. The number of hydrogen-bond acceptors (Lipinski definition) is 9. The summed E-state index contributed by atoms with van der Waals surface area (Å²) < 4.78 is 15.6. The molecule has 4 aromatic rings. The summed E-state index contributed by atoms with van der Waals surface area (Å²) in [5.41, 5.74) is -0.203. The lowest BCUT2D eigenvalue weighted by Gasteiger charge is -2.26. The minimum atomic E-state index is -1.56. The number of aromatic amines is 1. The first-order valence-electron chi connectivity index (χ1n) is 17.5. The minimum absolute atomic E-state index is 0.00984. The van der Waals surface area contributed by atoms with Crippen molar-refractivity contribution in [1.82, 2.24) is 20.9 Å². The Morgan fingerprint density at radius 3 is 1.98 bits per heavy atom. The lowest BCUT2D eigenvalue weighted by Crippen LogP contribution is -2.57. The molecule has 4 rings (SSSR count). The van der Waals surface area contributed by atoms with E-state index in [1.54, 1.807) is 65.8 Å². The van der Waals surface area contributed by atoms with Crippen molar-refractivity contribution in [1.29, 1.82) is 0 Å². The molecule has 0 unspecified atom stereocenters. The zero-order chi connectivity index (χ0) is 39.8. The smallest absolute Gasteiger partial charge is 0.328 e. The Hall–Kier alpha value is -5.43. The number of nitrogens with one attached hydrogen (secondary N) is 4. The monoisotopic (exact) mass is 762 g/mol. The van der Waals surface area contributed by atoms with E-state index >= 15 is 0 Å². The average molecular weight is 763 g/mol. The Morgan fingerprint density at radius 2 is 1.31 bits per heavy atom. The van der Waals surface area contributed by atoms with Crippen LogP contribution in [-0.2, 0) is 44.6 Å². The van der Waals surface area contributed by atoms with Crippen molar-refractivity contribution in [2.45, 2.75) is 96.6 Å². The molecular formula is C40H47ClN4O9. The minimum Gasteiger partial charge on any atom is -0.467 e. The van der Waals surface area contributed by atoms with Gasteiger partial charge in [-0.25, -0.2) is 4.79 Å². The highest BCUT2D eigenvalue weighted by Crippen LogP contribution is 2.21. The Balaban J connectivity index is 1.62. The number of methoxy groups -OCH3 is 1. The van der Waals surface area contributed by atoms with Crippen molar-refractivity contribution in [2.75, 3.05) is 7.11 Å². The summed E-state index contributed by atoms with van der Waals surface area (Å²) in [7, 11) is 1.12. The summed E-state index contributed by atoms with van der Waals surface area (Å²) in [6.07, 6.45) is -1.03. The van der Waals surface area contributed by atoms with E-state index in [0.717, 1.165) is 23.3 Å². The number of amides is 3. The van der Waals surface area contributed by atoms with E-state index in [9.17, 15) is 28.8 Å². The molecule has 3 amide bonds. The molecule has 0 aliphatic carbocycles. The van der Waals surface area contributed by atoms with Crippen LogP contribution in [0.2, 0.25) is 5.02 Å². The zero-order valence-electron chi connectivity index (χ0n) is 31.5. The van der Waals surface area contributed by atoms with Crippen LogP contribution >= 0.6 is 11.6 Å². The Bertz CT molecular complexity index is 2030. The second-order valence-corrected chi connectivity index (χ2v) is 15.3. The number of esters is 3. The van der Waals surface area contributed by atoms with Gasteiger partial charge in [0.1, 0.15) is 35.0 Å². The van der Waals surface area contributed by atoms with Gasteiger partial charge < -0.3 is 35.1 Å². The molecule has 0 spiro atoms. The van der Waals surface area contributed by atoms with Gasteiger partial charge in [-0.3, -0.25) is 24.0 Å². The highest BCUT2D eigenvalue weighted by atomic mass is 35.5. The topological polar surface area (TPSA) is 182 Å². The van der Waals surface area contributed by atoms with E-state index in [1.807, 2.05) is 42.5 Å². The zero-order valence-corrected chi connectivity index (χ0v) is 32.2. The molecule has 0 aliphatic heterocycles. The van der Waals surface area contributed by atoms with Crippen LogP contribution in [0.25, 0.3) is 21.7 Å². The van der Waals surface area contributed by atoms with E-state index in [0.29, 0.717) is 16.1 Å². The Kier molecular flexibility index (Phi) is 13.5. The molecule has 13 nitrogen and oxygen atoms in total. The Morgan fingerprint density at radius 1 is 0.704 bits per heavy atom. The molecule has 4 N–H and O–H groups in total. The van der Waals surface area contributed by atoms with E-state index in [2.05, 4.69) is 20.9 Å². The van der Waals surface area contributed by atoms with Gasteiger partial charge in [0, 0.05) is 28.8 Å². The normalized spacial score (nSPS) is 13.3. The van der Waals surface area contributed by atoms with Crippen LogP contribution in [0.1, 0.15) is 76.9 Å². The fourth-order valence-electron chi connectivity index (χ4n) is 5.62. The van der Waals surface area contributed by atoms with Crippen LogP contribution in [0.5, 0.6) is 0 Å². The predicted molar refractivity (Wildman–Crippen MR) is 204 cm³/mol. The summed E-state index contributed by atoms with van der Waals surface area (Å²) in [5, 5.41) is 11.0. The lowest BCUT2D eigenvalue weighted by atomic mass is 10.0. The number of benzene rings is 3. The number of fused-ring (bicyclic) bond motifs is 2. The first-order chi connectivity index (χ1) is 25.3. The molecule has 1 aromatic heterocycles. The van der Waals surface area contributed by atoms with Crippen LogP contribution in [0.3, 0.4) is 0 Å². The molecular weight excluding hydrogens is 716 g/mol. The molecule has 0 fully saturated rings. The van der Waals surface area contributed by atoms with Gasteiger partial charge in [-0.2, -0.15) is 0 Å². The summed E-state index contributed by atoms with van der Waals surface area (Å²) >= 11 is 6.14. The third kappa shape index (κ3) is 12.3. The second kappa shape index (κ2) is 17.6. The van der Waals surface area contributed by atoms with Crippen molar-refractivity contribution in [3.05, 3.63) is 83.0 Å². The molecule has 3 atom stereocenters. The number of carbonyl (C=O) groups is 6.